The van der Waals surface area contributed by atoms with E-state index < -0.39 is 10.0 Å². The summed E-state index contributed by atoms with van der Waals surface area (Å²) >= 11 is 0. The van der Waals surface area contributed by atoms with Crippen LogP contribution in [-0.2, 0) is 10.0 Å². The van der Waals surface area contributed by atoms with Crippen molar-refractivity contribution >= 4 is 15.7 Å². The molecule has 0 aromatic heterocycles. The van der Waals surface area contributed by atoms with E-state index >= 15 is 0 Å². The summed E-state index contributed by atoms with van der Waals surface area (Å²) in [5.41, 5.74) is 6.71. The Hall–Kier alpha value is -1.07. The molecule has 0 aliphatic heterocycles. The summed E-state index contributed by atoms with van der Waals surface area (Å²) < 4.78 is 26.8. The van der Waals surface area contributed by atoms with Crippen molar-refractivity contribution in [2.75, 3.05) is 5.73 Å². The topological polar surface area (TPSA) is 72.2 Å². The van der Waals surface area contributed by atoms with Crippen molar-refractivity contribution in [3.63, 3.8) is 0 Å². The summed E-state index contributed by atoms with van der Waals surface area (Å²) in [7, 11) is -3.47. The number of rotatable bonds is 3. The second-order valence-electron chi connectivity index (χ2n) is 4.43. The van der Waals surface area contributed by atoms with Gasteiger partial charge < -0.3 is 5.73 Å². The quantitative estimate of drug-likeness (QED) is 0.781. The number of aryl methyl sites for hydroxylation is 1. The highest BCUT2D eigenvalue weighted by Crippen LogP contribution is 2.32. The fraction of sp³-hybridized carbons (Fsp3) is 0.455. The van der Waals surface area contributed by atoms with E-state index in [0.717, 1.165) is 6.42 Å². The fourth-order valence-electron chi connectivity index (χ4n) is 1.79. The molecule has 0 radical (unpaired) electrons. The lowest BCUT2D eigenvalue weighted by Crippen LogP contribution is -2.28. The van der Waals surface area contributed by atoms with Gasteiger partial charge in [-0.25, -0.2) is 13.1 Å². The first-order valence-corrected chi connectivity index (χ1v) is 6.77. The lowest BCUT2D eigenvalue weighted by Gasteiger charge is -2.11. The van der Waals surface area contributed by atoms with Gasteiger partial charge in [-0.2, -0.15) is 0 Å². The van der Waals surface area contributed by atoms with E-state index in [-0.39, 0.29) is 10.9 Å². The van der Waals surface area contributed by atoms with Crippen molar-refractivity contribution in [1.82, 2.24) is 4.72 Å². The molecule has 5 heteroatoms. The fourth-order valence-corrected chi connectivity index (χ4v) is 3.50. The molecular formula is C11H16N2O2S. The zero-order valence-corrected chi connectivity index (χ0v) is 10.2. The van der Waals surface area contributed by atoms with Gasteiger partial charge in [0, 0.05) is 6.04 Å². The van der Waals surface area contributed by atoms with Crippen LogP contribution in [0.4, 0.5) is 5.69 Å². The maximum atomic E-state index is 12.1. The molecule has 1 aliphatic rings. The van der Waals surface area contributed by atoms with Gasteiger partial charge in [-0.05, 0) is 30.9 Å². The molecule has 16 heavy (non-hydrogen) atoms. The van der Waals surface area contributed by atoms with Gasteiger partial charge in [0.15, 0.2) is 0 Å². The number of nitrogens with one attached hydrogen (secondary N) is 1. The molecule has 1 saturated carbocycles. The summed E-state index contributed by atoms with van der Waals surface area (Å²) in [5.74, 6) is 0.431. The smallest absolute Gasteiger partial charge is 0.243 e. The molecule has 0 heterocycles. The van der Waals surface area contributed by atoms with Gasteiger partial charge >= 0.3 is 0 Å². The van der Waals surface area contributed by atoms with Crippen LogP contribution < -0.4 is 10.5 Å². The molecule has 0 bridgehead atoms. The monoisotopic (exact) mass is 240 g/mol. The summed E-state index contributed by atoms with van der Waals surface area (Å²) in [6.45, 7) is 3.77. The van der Waals surface area contributed by atoms with E-state index in [1.165, 1.54) is 0 Å². The molecule has 1 fully saturated rings. The van der Waals surface area contributed by atoms with Crippen LogP contribution in [0.1, 0.15) is 18.9 Å². The Morgan fingerprint density at radius 3 is 2.56 bits per heavy atom. The van der Waals surface area contributed by atoms with Crippen LogP contribution in [0.2, 0.25) is 0 Å². The molecule has 4 nitrogen and oxygen atoms in total. The average molecular weight is 240 g/mol. The van der Waals surface area contributed by atoms with Crippen molar-refractivity contribution in [3.8, 4) is 0 Å². The Morgan fingerprint density at radius 2 is 2.06 bits per heavy atom. The third-order valence-corrected chi connectivity index (χ3v) is 4.64. The Kier molecular flexibility index (Phi) is 2.67. The molecule has 88 valence electrons. The number of benzene rings is 1. The van der Waals surface area contributed by atoms with Crippen LogP contribution in [0, 0.1) is 12.8 Å². The SMILES string of the molecule is Cc1cccc(N)c1S(=O)(=O)NC1CC1C. The van der Waals surface area contributed by atoms with Crippen molar-refractivity contribution in [1.29, 1.82) is 0 Å². The zero-order chi connectivity index (χ0) is 11.9. The third kappa shape index (κ3) is 2.05. The van der Waals surface area contributed by atoms with Gasteiger partial charge in [-0.1, -0.05) is 19.1 Å². The number of hydrogen-bond acceptors (Lipinski definition) is 3. The molecule has 2 unspecified atom stereocenters. The summed E-state index contributed by atoms with van der Waals surface area (Å²) in [4.78, 5) is 0.217. The van der Waals surface area contributed by atoms with Gasteiger partial charge in [0.05, 0.1) is 5.69 Å². The highest BCUT2D eigenvalue weighted by molar-refractivity contribution is 7.89. The van der Waals surface area contributed by atoms with Crippen LogP contribution in [0.15, 0.2) is 23.1 Å². The lowest BCUT2D eigenvalue weighted by molar-refractivity contribution is 0.578. The summed E-state index contributed by atoms with van der Waals surface area (Å²) in [5, 5.41) is 0. The van der Waals surface area contributed by atoms with Gasteiger partial charge in [-0.15, -0.1) is 0 Å². The van der Waals surface area contributed by atoms with Gasteiger partial charge in [0.2, 0.25) is 10.0 Å². The highest BCUT2D eigenvalue weighted by Gasteiger charge is 2.37. The predicted octanol–water partition coefficient (Wildman–Crippen LogP) is 1.26. The van der Waals surface area contributed by atoms with E-state index in [0.29, 0.717) is 17.2 Å². The predicted molar refractivity (Wildman–Crippen MR) is 63.5 cm³/mol. The molecule has 3 N–H and O–H groups in total. The largest absolute Gasteiger partial charge is 0.398 e. The van der Waals surface area contributed by atoms with Crippen LogP contribution in [0.3, 0.4) is 0 Å². The third-order valence-electron chi connectivity index (χ3n) is 2.93. The van der Waals surface area contributed by atoms with Crippen molar-refractivity contribution < 1.29 is 8.42 Å². The average Bonchev–Trinajstić information content (AvgIpc) is 2.79. The number of hydrogen-bond donors (Lipinski definition) is 2. The number of nitrogens with two attached hydrogens (primary N) is 1. The van der Waals surface area contributed by atoms with E-state index in [1.54, 1.807) is 25.1 Å². The van der Waals surface area contributed by atoms with Crippen LogP contribution in [0.5, 0.6) is 0 Å². The van der Waals surface area contributed by atoms with E-state index in [1.807, 2.05) is 6.92 Å². The highest BCUT2D eigenvalue weighted by atomic mass is 32.2. The van der Waals surface area contributed by atoms with Crippen molar-refractivity contribution in [3.05, 3.63) is 23.8 Å². The van der Waals surface area contributed by atoms with Crippen LogP contribution in [-0.4, -0.2) is 14.5 Å². The second kappa shape index (κ2) is 3.75. The zero-order valence-electron chi connectivity index (χ0n) is 9.40. The number of sulfonamides is 1. The molecule has 2 atom stereocenters. The Labute approximate surface area is 95.9 Å². The maximum absolute atomic E-state index is 12.1. The summed E-state index contributed by atoms with van der Waals surface area (Å²) in [6.07, 6.45) is 0.908. The Morgan fingerprint density at radius 1 is 1.44 bits per heavy atom. The second-order valence-corrected chi connectivity index (χ2v) is 6.08. The molecule has 1 aromatic carbocycles. The molecule has 0 spiro atoms. The normalized spacial score (nSPS) is 24.4. The van der Waals surface area contributed by atoms with Crippen LogP contribution >= 0.6 is 0 Å². The van der Waals surface area contributed by atoms with E-state index in [9.17, 15) is 8.42 Å². The van der Waals surface area contributed by atoms with E-state index in [2.05, 4.69) is 4.72 Å². The van der Waals surface area contributed by atoms with Crippen molar-refractivity contribution in [2.24, 2.45) is 5.92 Å². The molecule has 2 rings (SSSR count). The Balaban J connectivity index is 2.35. The first-order chi connectivity index (χ1) is 7.42. The molecule has 1 aliphatic carbocycles. The van der Waals surface area contributed by atoms with Crippen molar-refractivity contribution in [2.45, 2.75) is 31.2 Å². The number of nitrogen functional groups attached to an aromatic ring is 1. The van der Waals surface area contributed by atoms with Gasteiger partial charge in [-0.3, -0.25) is 0 Å². The molecule has 0 saturated heterocycles. The minimum atomic E-state index is -3.47. The molecule has 0 amide bonds. The number of anilines is 1. The summed E-state index contributed by atoms with van der Waals surface area (Å²) in [6, 6.07) is 5.19. The lowest BCUT2D eigenvalue weighted by atomic mass is 10.2. The maximum Gasteiger partial charge on any atom is 0.243 e. The first kappa shape index (κ1) is 11.4. The molecular weight excluding hydrogens is 224 g/mol. The Bertz CT molecular complexity index is 490. The van der Waals surface area contributed by atoms with Gasteiger partial charge in [0.25, 0.3) is 0 Å². The standard InChI is InChI=1S/C11H16N2O2S/c1-7-4-3-5-9(12)11(7)16(14,15)13-10-6-8(10)2/h3-5,8,10,13H,6,12H2,1-2H3. The first-order valence-electron chi connectivity index (χ1n) is 5.29. The van der Waals surface area contributed by atoms with Gasteiger partial charge in [0.1, 0.15) is 4.90 Å². The van der Waals surface area contributed by atoms with Crippen LogP contribution in [0.25, 0.3) is 0 Å². The minimum absolute atomic E-state index is 0.0732. The molecule has 1 aromatic rings. The minimum Gasteiger partial charge on any atom is -0.398 e. The van der Waals surface area contributed by atoms with E-state index in [4.69, 9.17) is 5.73 Å².